The maximum absolute atomic E-state index is 11.9. The minimum Gasteiger partial charge on any atom is -0.496 e. The van der Waals surface area contributed by atoms with Gasteiger partial charge < -0.3 is 9.47 Å². The molecule has 0 bridgehead atoms. The van der Waals surface area contributed by atoms with Gasteiger partial charge in [-0.05, 0) is 38.1 Å². The zero-order valence-electron chi connectivity index (χ0n) is 13.1. The van der Waals surface area contributed by atoms with Crippen molar-refractivity contribution in [1.29, 1.82) is 0 Å². The summed E-state index contributed by atoms with van der Waals surface area (Å²) in [4.78, 5) is 20.4. The van der Waals surface area contributed by atoms with Crippen LogP contribution in [-0.4, -0.2) is 28.8 Å². The normalized spacial score (nSPS) is 10.4. The highest BCUT2D eigenvalue weighted by Gasteiger charge is 2.10. The number of aromatic nitrogens is 2. The predicted octanol–water partition coefficient (Wildman–Crippen LogP) is 3.59. The van der Waals surface area contributed by atoms with Crippen LogP contribution in [-0.2, 0) is 16.1 Å². The number of thioether (sulfide) groups is 1. The summed E-state index contributed by atoms with van der Waals surface area (Å²) < 4.78 is 10.5. The molecule has 23 heavy (non-hydrogen) atoms. The van der Waals surface area contributed by atoms with Crippen LogP contribution in [0.5, 0.6) is 5.75 Å². The molecule has 0 unspecified atom stereocenters. The molecule has 0 aliphatic carbocycles. The van der Waals surface area contributed by atoms with Gasteiger partial charge in [-0.15, -0.1) is 0 Å². The molecule has 0 saturated heterocycles. The van der Waals surface area contributed by atoms with Gasteiger partial charge in [-0.2, -0.15) is 0 Å². The van der Waals surface area contributed by atoms with Crippen LogP contribution >= 0.6 is 23.4 Å². The van der Waals surface area contributed by atoms with Crippen molar-refractivity contribution in [3.8, 4) is 5.75 Å². The molecular formula is C16H17ClN2O3S. The van der Waals surface area contributed by atoms with Gasteiger partial charge in [0.2, 0.25) is 0 Å². The monoisotopic (exact) mass is 352 g/mol. The first kappa shape index (κ1) is 17.6. The Morgan fingerprint density at radius 3 is 2.57 bits per heavy atom. The first-order valence-corrected chi connectivity index (χ1v) is 8.27. The van der Waals surface area contributed by atoms with Crippen molar-refractivity contribution in [2.24, 2.45) is 0 Å². The molecule has 0 fully saturated rings. The van der Waals surface area contributed by atoms with Crippen LogP contribution in [0.15, 0.2) is 29.4 Å². The number of esters is 1. The van der Waals surface area contributed by atoms with Crippen molar-refractivity contribution >= 4 is 29.3 Å². The number of benzene rings is 1. The van der Waals surface area contributed by atoms with Gasteiger partial charge in [-0.1, -0.05) is 23.4 Å². The molecule has 0 saturated carbocycles. The summed E-state index contributed by atoms with van der Waals surface area (Å²) in [5.74, 6) is 0.429. The number of halogens is 1. The molecule has 2 aromatic rings. The number of hydrogen-bond acceptors (Lipinski definition) is 6. The zero-order valence-corrected chi connectivity index (χ0v) is 14.7. The number of aryl methyl sites for hydroxylation is 2. The maximum Gasteiger partial charge on any atom is 0.316 e. The van der Waals surface area contributed by atoms with Crippen LogP contribution in [0.3, 0.4) is 0 Å². The zero-order chi connectivity index (χ0) is 16.8. The molecular weight excluding hydrogens is 336 g/mol. The number of nitrogens with zero attached hydrogens (tertiary/aromatic N) is 2. The Hall–Kier alpha value is -1.79. The predicted molar refractivity (Wildman–Crippen MR) is 90.0 cm³/mol. The van der Waals surface area contributed by atoms with E-state index in [0.29, 0.717) is 15.9 Å². The molecule has 0 N–H and O–H groups in total. The van der Waals surface area contributed by atoms with E-state index >= 15 is 0 Å². The van der Waals surface area contributed by atoms with Crippen molar-refractivity contribution in [3.05, 3.63) is 46.2 Å². The highest BCUT2D eigenvalue weighted by Crippen LogP contribution is 2.23. The molecule has 1 aromatic heterocycles. The lowest BCUT2D eigenvalue weighted by Crippen LogP contribution is -2.08. The second kappa shape index (κ2) is 8.17. The van der Waals surface area contributed by atoms with Crippen molar-refractivity contribution < 1.29 is 14.3 Å². The van der Waals surface area contributed by atoms with Crippen LogP contribution in [0, 0.1) is 13.8 Å². The third kappa shape index (κ3) is 5.41. The van der Waals surface area contributed by atoms with Crippen LogP contribution in [0.1, 0.15) is 17.0 Å². The molecule has 5 nitrogen and oxygen atoms in total. The van der Waals surface area contributed by atoms with E-state index in [4.69, 9.17) is 21.1 Å². The first-order valence-electron chi connectivity index (χ1n) is 6.91. The summed E-state index contributed by atoms with van der Waals surface area (Å²) in [5.41, 5.74) is 2.47. The molecule has 0 spiro atoms. The summed E-state index contributed by atoms with van der Waals surface area (Å²) in [6, 6.07) is 7.06. The summed E-state index contributed by atoms with van der Waals surface area (Å²) >= 11 is 7.19. The van der Waals surface area contributed by atoms with E-state index in [9.17, 15) is 4.79 Å². The number of hydrogen-bond donors (Lipinski definition) is 0. The average molecular weight is 353 g/mol. The molecule has 7 heteroatoms. The summed E-state index contributed by atoms with van der Waals surface area (Å²) in [6.07, 6.45) is 0. The second-order valence-corrected chi connectivity index (χ2v) is 6.22. The minimum atomic E-state index is -0.347. The molecule has 0 atom stereocenters. The van der Waals surface area contributed by atoms with Crippen molar-refractivity contribution in [3.63, 3.8) is 0 Å². The third-order valence-corrected chi connectivity index (χ3v) is 3.97. The number of carbonyl (C=O) groups is 1. The van der Waals surface area contributed by atoms with E-state index < -0.39 is 0 Å². The lowest BCUT2D eigenvalue weighted by atomic mass is 10.2. The van der Waals surface area contributed by atoms with Gasteiger partial charge in [0.15, 0.2) is 5.16 Å². The smallest absolute Gasteiger partial charge is 0.316 e. The molecule has 0 radical (unpaired) electrons. The number of ether oxygens (including phenoxy) is 2. The highest BCUT2D eigenvalue weighted by atomic mass is 35.5. The van der Waals surface area contributed by atoms with E-state index in [0.717, 1.165) is 17.0 Å². The Morgan fingerprint density at radius 2 is 1.91 bits per heavy atom. The topological polar surface area (TPSA) is 61.3 Å². The maximum atomic E-state index is 11.9. The SMILES string of the molecule is COc1ccc(Cl)cc1COC(=O)CSc1nc(C)cc(C)n1. The Balaban J connectivity index is 1.89. The van der Waals surface area contributed by atoms with Gasteiger partial charge >= 0.3 is 5.97 Å². The lowest BCUT2D eigenvalue weighted by Gasteiger charge is -2.09. The van der Waals surface area contributed by atoms with Crippen LogP contribution in [0.2, 0.25) is 5.02 Å². The van der Waals surface area contributed by atoms with Gasteiger partial charge in [0.05, 0.1) is 12.9 Å². The third-order valence-electron chi connectivity index (χ3n) is 2.91. The number of rotatable bonds is 6. The van der Waals surface area contributed by atoms with Crippen LogP contribution in [0.4, 0.5) is 0 Å². The van der Waals surface area contributed by atoms with Crippen molar-refractivity contribution in [2.45, 2.75) is 25.6 Å². The van der Waals surface area contributed by atoms with Crippen LogP contribution in [0.25, 0.3) is 0 Å². The number of carbonyl (C=O) groups excluding carboxylic acids is 1. The van der Waals surface area contributed by atoms with Gasteiger partial charge in [0.1, 0.15) is 12.4 Å². The van der Waals surface area contributed by atoms with E-state index in [-0.39, 0.29) is 18.3 Å². The fraction of sp³-hybridized carbons (Fsp3) is 0.312. The van der Waals surface area contributed by atoms with Gasteiger partial charge in [-0.25, -0.2) is 9.97 Å². The molecule has 1 heterocycles. The Morgan fingerprint density at radius 1 is 1.22 bits per heavy atom. The van der Waals surface area contributed by atoms with Gasteiger partial charge in [0.25, 0.3) is 0 Å². The molecule has 0 amide bonds. The molecule has 2 rings (SSSR count). The van der Waals surface area contributed by atoms with Crippen molar-refractivity contribution in [1.82, 2.24) is 9.97 Å². The molecule has 122 valence electrons. The Bertz CT molecular complexity index is 689. The Labute approximate surface area is 144 Å². The van der Waals surface area contributed by atoms with Gasteiger partial charge in [0, 0.05) is 22.0 Å². The fourth-order valence-electron chi connectivity index (χ4n) is 1.94. The van der Waals surface area contributed by atoms with E-state index in [1.807, 2.05) is 19.9 Å². The quantitative estimate of drug-likeness (QED) is 0.450. The summed E-state index contributed by atoms with van der Waals surface area (Å²) in [6.45, 7) is 3.89. The lowest BCUT2D eigenvalue weighted by molar-refractivity contribution is -0.141. The highest BCUT2D eigenvalue weighted by molar-refractivity contribution is 7.99. The summed E-state index contributed by atoms with van der Waals surface area (Å²) in [7, 11) is 1.56. The molecule has 1 aromatic carbocycles. The Kier molecular flexibility index (Phi) is 6.24. The van der Waals surface area contributed by atoms with Crippen molar-refractivity contribution in [2.75, 3.05) is 12.9 Å². The van der Waals surface area contributed by atoms with E-state index in [2.05, 4.69) is 9.97 Å². The number of methoxy groups -OCH3 is 1. The van der Waals surface area contributed by atoms with E-state index in [1.54, 1.807) is 25.3 Å². The van der Waals surface area contributed by atoms with Gasteiger partial charge in [-0.3, -0.25) is 4.79 Å². The first-order chi connectivity index (χ1) is 11.0. The molecule has 0 aliphatic heterocycles. The fourth-order valence-corrected chi connectivity index (χ4v) is 2.88. The van der Waals surface area contributed by atoms with E-state index in [1.165, 1.54) is 11.8 Å². The summed E-state index contributed by atoms with van der Waals surface area (Å²) in [5, 5.41) is 1.13. The second-order valence-electron chi connectivity index (χ2n) is 4.84. The standard InChI is InChI=1S/C16H17ClN2O3S/c1-10-6-11(2)19-16(18-10)23-9-15(20)22-8-12-7-13(17)4-5-14(12)21-3/h4-7H,8-9H2,1-3H3. The average Bonchev–Trinajstić information content (AvgIpc) is 2.50. The molecule has 0 aliphatic rings. The largest absolute Gasteiger partial charge is 0.496 e. The minimum absolute atomic E-state index is 0.108. The van der Waals surface area contributed by atoms with Crippen LogP contribution < -0.4 is 4.74 Å².